The van der Waals surface area contributed by atoms with Crippen molar-refractivity contribution in [2.75, 3.05) is 10.6 Å². The minimum absolute atomic E-state index is 0.338. The van der Waals surface area contributed by atoms with E-state index >= 15 is 0 Å². The summed E-state index contributed by atoms with van der Waals surface area (Å²) in [5, 5.41) is 13.7. The van der Waals surface area contributed by atoms with Gasteiger partial charge in [0, 0.05) is 5.57 Å². The van der Waals surface area contributed by atoms with Gasteiger partial charge in [0.15, 0.2) is 13.7 Å². The number of hydrogen-bond donors (Lipinski definition) is 3. The van der Waals surface area contributed by atoms with Gasteiger partial charge in [-0.05, 0) is 26.7 Å². The zero-order valence-electron chi connectivity index (χ0n) is 16.0. The van der Waals surface area contributed by atoms with Gasteiger partial charge < -0.3 is 15.7 Å². The summed E-state index contributed by atoms with van der Waals surface area (Å²) in [6.07, 6.45) is -12.1. The van der Waals surface area contributed by atoms with Crippen molar-refractivity contribution in [1.82, 2.24) is 15.0 Å². The maximum absolute atomic E-state index is 14.6. The minimum Gasteiger partial charge on any atom is -0.389 e. The molecule has 1 aliphatic rings. The van der Waals surface area contributed by atoms with E-state index < -0.39 is 65.2 Å². The van der Waals surface area contributed by atoms with Crippen molar-refractivity contribution in [1.29, 1.82) is 0 Å². The van der Waals surface area contributed by atoms with E-state index in [4.69, 9.17) is 0 Å². The summed E-state index contributed by atoms with van der Waals surface area (Å²) in [6.45, 7) is 1.43. The van der Waals surface area contributed by atoms with E-state index in [-0.39, 0.29) is 12.8 Å². The highest BCUT2D eigenvalue weighted by Gasteiger charge is 2.43. The molecule has 0 aromatic carbocycles. The van der Waals surface area contributed by atoms with Crippen molar-refractivity contribution in [2.45, 2.75) is 62.8 Å². The normalized spacial score (nSPS) is 25.1. The Hall–Kier alpha value is -2.19. The second-order valence-electron chi connectivity index (χ2n) is 7.07. The Morgan fingerprint density at radius 1 is 1.00 bits per heavy atom. The van der Waals surface area contributed by atoms with Gasteiger partial charge in [-0.3, -0.25) is 0 Å². The number of aromatic nitrogens is 3. The lowest BCUT2D eigenvalue weighted by Gasteiger charge is -2.32. The van der Waals surface area contributed by atoms with Crippen molar-refractivity contribution < 1.29 is 40.2 Å². The first-order valence-electron chi connectivity index (χ1n) is 8.72. The average Bonchev–Trinajstić information content (AvgIpc) is 2.58. The number of nitrogens with zero attached hydrogens (tertiary/aromatic N) is 3. The summed E-state index contributed by atoms with van der Waals surface area (Å²) in [4.78, 5) is 10.8. The Kier molecular flexibility index (Phi) is 6.55. The Balaban J connectivity index is 2.52. The molecule has 1 aliphatic carbocycles. The quantitative estimate of drug-likeness (QED) is 0.476. The van der Waals surface area contributed by atoms with Crippen LogP contribution >= 0.6 is 0 Å². The van der Waals surface area contributed by atoms with Crippen LogP contribution in [0.1, 0.15) is 32.5 Å². The number of halogens is 8. The average molecular weight is 447 g/mol. The van der Waals surface area contributed by atoms with Crippen LogP contribution < -0.4 is 10.6 Å². The van der Waals surface area contributed by atoms with Crippen LogP contribution in [-0.4, -0.2) is 64.0 Å². The molecule has 2 rings (SSSR count). The molecule has 0 spiro atoms. The highest BCUT2D eigenvalue weighted by atomic mass is 19.4. The first kappa shape index (κ1) is 24.1. The van der Waals surface area contributed by atoms with Gasteiger partial charge >= 0.3 is 12.4 Å². The molecule has 1 aromatic rings. The lowest BCUT2D eigenvalue weighted by Crippen LogP contribution is -2.44. The third-order valence-electron chi connectivity index (χ3n) is 4.55. The monoisotopic (exact) mass is 447 g/mol. The third-order valence-corrected chi connectivity index (χ3v) is 4.55. The van der Waals surface area contributed by atoms with Crippen LogP contribution in [0.25, 0.3) is 5.57 Å². The summed E-state index contributed by atoms with van der Waals surface area (Å²) < 4.78 is 105. The van der Waals surface area contributed by atoms with Crippen molar-refractivity contribution >= 4 is 25.3 Å². The van der Waals surface area contributed by atoms with Gasteiger partial charge in [-0.25, -0.2) is 8.78 Å². The SMILES string of the molecule is B[C@]1(O)C(F)=C(c2nc(N[C@H](C)C(F)(F)F)nc(N[C@H](C)C(F)(F)F)n2)CC[C@@H]1F. The van der Waals surface area contributed by atoms with Crippen LogP contribution in [0.15, 0.2) is 5.83 Å². The Morgan fingerprint density at radius 3 is 1.83 bits per heavy atom. The second-order valence-corrected chi connectivity index (χ2v) is 7.07. The molecule has 0 saturated heterocycles. The van der Waals surface area contributed by atoms with Crippen molar-refractivity contribution in [3.8, 4) is 0 Å². The Labute approximate surface area is 166 Å². The number of rotatable bonds is 5. The largest absolute Gasteiger partial charge is 0.408 e. The Morgan fingerprint density at radius 2 is 1.43 bits per heavy atom. The standard InChI is InChI=1S/C15H18BF8N5O/c1-5(14(19,20)21)25-11-27-10(7-3-4-8(17)13(16,30)9(7)18)28-12(29-11)26-6(2)15(22,23)24/h5-6,8,30H,3-4,16H2,1-2H3,(H2,25,26,27,28,29)/t5-,6-,8+,13-/m1/s1. The van der Waals surface area contributed by atoms with E-state index in [1.54, 1.807) is 0 Å². The molecule has 0 saturated carbocycles. The maximum Gasteiger partial charge on any atom is 0.408 e. The van der Waals surface area contributed by atoms with Crippen LogP contribution in [0.5, 0.6) is 0 Å². The van der Waals surface area contributed by atoms with Crippen LogP contribution in [0.3, 0.4) is 0 Å². The molecule has 0 bridgehead atoms. The zero-order valence-corrected chi connectivity index (χ0v) is 16.0. The van der Waals surface area contributed by atoms with E-state index in [9.17, 15) is 40.2 Å². The van der Waals surface area contributed by atoms with E-state index in [1.807, 2.05) is 10.6 Å². The van der Waals surface area contributed by atoms with Crippen LogP contribution in [0.2, 0.25) is 0 Å². The smallest absolute Gasteiger partial charge is 0.389 e. The first-order chi connectivity index (χ1) is 13.5. The molecule has 1 aromatic heterocycles. The van der Waals surface area contributed by atoms with Crippen LogP contribution in [-0.2, 0) is 0 Å². The minimum atomic E-state index is -4.74. The number of alkyl halides is 7. The van der Waals surface area contributed by atoms with Crippen molar-refractivity contribution in [2.24, 2.45) is 0 Å². The summed E-state index contributed by atoms with van der Waals surface area (Å²) in [5.74, 6) is -3.53. The number of hydrogen-bond acceptors (Lipinski definition) is 6. The van der Waals surface area contributed by atoms with Gasteiger partial charge in [0.25, 0.3) is 0 Å². The van der Waals surface area contributed by atoms with Crippen molar-refractivity contribution in [3.63, 3.8) is 0 Å². The molecule has 0 radical (unpaired) electrons. The predicted octanol–water partition coefficient (Wildman–Crippen LogP) is 2.73. The van der Waals surface area contributed by atoms with Gasteiger partial charge in [0.1, 0.15) is 29.6 Å². The van der Waals surface area contributed by atoms with Crippen LogP contribution in [0.4, 0.5) is 47.0 Å². The molecule has 0 unspecified atom stereocenters. The Bertz CT molecular complexity index is 773. The maximum atomic E-state index is 14.6. The van der Waals surface area contributed by atoms with E-state index in [0.29, 0.717) is 13.8 Å². The number of nitrogens with one attached hydrogen (secondary N) is 2. The number of allylic oxidation sites excluding steroid dienone is 1. The lowest BCUT2D eigenvalue weighted by molar-refractivity contribution is -0.139. The third kappa shape index (κ3) is 5.29. The molecular weight excluding hydrogens is 429 g/mol. The van der Waals surface area contributed by atoms with E-state index in [2.05, 4.69) is 15.0 Å². The molecule has 30 heavy (non-hydrogen) atoms. The van der Waals surface area contributed by atoms with E-state index in [0.717, 1.165) is 7.85 Å². The van der Waals surface area contributed by atoms with Gasteiger partial charge in [-0.2, -0.15) is 41.3 Å². The first-order valence-corrected chi connectivity index (χ1v) is 8.72. The second kappa shape index (κ2) is 8.15. The van der Waals surface area contributed by atoms with Gasteiger partial charge in [0.2, 0.25) is 11.9 Å². The number of aliphatic hydroxyl groups is 1. The van der Waals surface area contributed by atoms with Gasteiger partial charge in [0.05, 0.1) is 0 Å². The summed E-state index contributed by atoms with van der Waals surface area (Å²) in [5.41, 5.74) is -2.98. The molecule has 0 fully saturated rings. The molecule has 6 nitrogen and oxygen atoms in total. The summed E-state index contributed by atoms with van der Waals surface area (Å²) in [6, 6.07) is -4.38. The fraction of sp³-hybridized carbons (Fsp3) is 0.667. The molecule has 15 heteroatoms. The number of anilines is 2. The van der Waals surface area contributed by atoms with Gasteiger partial charge in [-0.1, -0.05) is 0 Å². The highest BCUT2D eigenvalue weighted by molar-refractivity contribution is 6.17. The molecule has 1 heterocycles. The lowest BCUT2D eigenvalue weighted by atomic mass is 9.70. The molecule has 168 valence electrons. The molecule has 0 aliphatic heterocycles. The molecule has 0 amide bonds. The molecule has 3 N–H and O–H groups in total. The fourth-order valence-corrected chi connectivity index (χ4v) is 2.51. The fourth-order valence-electron chi connectivity index (χ4n) is 2.51. The summed E-state index contributed by atoms with van der Waals surface area (Å²) >= 11 is 0. The van der Waals surface area contributed by atoms with Crippen molar-refractivity contribution in [3.05, 3.63) is 11.7 Å². The highest BCUT2D eigenvalue weighted by Crippen LogP contribution is 2.39. The van der Waals surface area contributed by atoms with Gasteiger partial charge in [-0.15, -0.1) is 0 Å². The zero-order chi connectivity index (χ0) is 23.1. The van der Waals surface area contributed by atoms with E-state index in [1.165, 1.54) is 0 Å². The summed E-state index contributed by atoms with van der Waals surface area (Å²) in [7, 11) is 0.850. The molecular formula is C15H18BF8N5O. The van der Waals surface area contributed by atoms with Crippen LogP contribution in [0, 0.1) is 0 Å². The predicted molar refractivity (Wildman–Crippen MR) is 93.8 cm³/mol. The molecule has 4 atom stereocenters. The topological polar surface area (TPSA) is 83.0 Å².